The molecule has 84 valence electrons. The van der Waals surface area contributed by atoms with Crippen LogP contribution in [0.15, 0.2) is 27.6 Å². The average Bonchev–Trinajstić information content (AvgIpc) is 2.78. The average molecular weight is 296 g/mol. The van der Waals surface area contributed by atoms with Gasteiger partial charge in [-0.25, -0.2) is 0 Å². The van der Waals surface area contributed by atoms with Crippen LogP contribution in [0.25, 0.3) is 0 Å². The van der Waals surface area contributed by atoms with Gasteiger partial charge in [0.05, 0.1) is 11.6 Å². The van der Waals surface area contributed by atoms with Crippen LogP contribution in [0.3, 0.4) is 0 Å². The van der Waals surface area contributed by atoms with Crippen molar-refractivity contribution in [2.45, 2.75) is 30.6 Å². The van der Waals surface area contributed by atoms with Crippen molar-refractivity contribution in [1.82, 2.24) is 0 Å². The highest BCUT2D eigenvalue weighted by molar-refractivity contribution is 9.10. The van der Waals surface area contributed by atoms with E-state index in [0.717, 1.165) is 16.0 Å². The molecule has 0 aliphatic heterocycles. The molecular formula is C13H14BrNS. The molecule has 1 saturated carbocycles. The lowest BCUT2D eigenvalue weighted by atomic mass is 10.1. The minimum atomic E-state index is 0.739. The van der Waals surface area contributed by atoms with Gasteiger partial charge in [0.15, 0.2) is 0 Å². The Balaban J connectivity index is 1.98. The van der Waals surface area contributed by atoms with Crippen molar-refractivity contribution in [3.05, 3.63) is 28.2 Å². The highest BCUT2D eigenvalue weighted by atomic mass is 79.9. The van der Waals surface area contributed by atoms with Crippen LogP contribution >= 0.6 is 27.7 Å². The van der Waals surface area contributed by atoms with Gasteiger partial charge in [-0.1, -0.05) is 28.8 Å². The Morgan fingerprint density at radius 3 is 2.75 bits per heavy atom. The molecule has 0 unspecified atom stereocenters. The standard InChI is InChI=1S/C13H14BrNS/c14-12-5-11(8-15)6-13(7-12)16-9-10-3-1-2-4-10/h5-7,10H,1-4,9H2. The Kier molecular flexibility index (Phi) is 4.31. The Bertz CT molecular complexity index is 405. The third kappa shape index (κ3) is 3.26. The summed E-state index contributed by atoms with van der Waals surface area (Å²) >= 11 is 5.32. The molecule has 1 fully saturated rings. The van der Waals surface area contributed by atoms with Crippen LogP contribution in [-0.2, 0) is 0 Å². The molecule has 1 aromatic carbocycles. The van der Waals surface area contributed by atoms with Gasteiger partial charge in [-0.15, -0.1) is 11.8 Å². The van der Waals surface area contributed by atoms with E-state index in [9.17, 15) is 0 Å². The van der Waals surface area contributed by atoms with Gasteiger partial charge in [-0.3, -0.25) is 0 Å². The molecule has 0 N–H and O–H groups in total. The summed E-state index contributed by atoms with van der Waals surface area (Å²) in [6, 6.07) is 8.13. The van der Waals surface area contributed by atoms with E-state index in [-0.39, 0.29) is 0 Å². The zero-order chi connectivity index (χ0) is 11.4. The van der Waals surface area contributed by atoms with Gasteiger partial charge in [0, 0.05) is 15.1 Å². The molecule has 0 radical (unpaired) electrons. The summed E-state index contributed by atoms with van der Waals surface area (Å²) in [6.45, 7) is 0. The number of nitrogens with zero attached hydrogens (tertiary/aromatic N) is 1. The van der Waals surface area contributed by atoms with E-state index < -0.39 is 0 Å². The van der Waals surface area contributed by atoms with Crippen LogP contribution in [-0.4, -0.2) is 5.75 Å². The molecule has 1 aromatic rings. The third-order valence-corrected chi connectivity index (χ3v) is 4.63. The first-order valence-corrected chi connectivity index (χ1v) is 7.39. The van der Waals surface area contributed by atoms with Crippen LogP contribution in [0, 0.1) is 17.2 Å². The maximum absolute atomic E-state index is 8.89. The van der Waals surface area contributed by atoms with Gasteiger partial charge in [-0.05, 0) is 37.0 Å². The fraction of sp³-hybridized carbons (Fsp3) is 0.462. The maximum Gasteiger partial charge on any atom is 0.0992 e. The number of halogens is 1. The van der Waals surface area contributed by atoms with Crippen LogP contribution < -0.4 is 0 Å². The third-order valence-electron chi connectivity index (χ3n) is 2.96. The van der Waals surface area contributed by atoms with Gasteiger partial charge < -0.3 is 0 Å². The highest BCUT2D eigenvalue weighted by Gasteiger charge is 2.15. The van der Waals surface area contributed by atoms with E-state index in [2.05, 4.69) is 28.1 Å². The second kappa shape index (κ2) is 5.75. The summed E-state index contributed by atoms with van der Waals surface area (Å²) in [6.07, 6.45) is 5.55. The number of hydrogen-bond acceptors (Lipinski definition) is 2. The molecule has 0 aromatic heterocycles. The zero-order valence-electron chi connectivity index (χ0n) is 9.08. The number of thioether (sulfide) groups is 1. The van der Waals surface area contributed by atoms with Gasteiger partial charge in [-0.2, -0.15) is 5.26 Å². The topological polar surface area (TPSA) is 23.8 Å². The summed E-state index contributed by atoms with van der Waals surface area (Å²) in [7, 11) is 0. The lowest BCUT2D eigenvalue weighted by Gasteiger charge is -2.08. The minimum Gasteiger partial charge on any atom is -0.192 e. The lowest BCUT2D eigenvalue weighted by molar-refractivity contribution is 0.623. The molecule has 0 spiro atoms. The second-order valence-electron chi connectivity index (χ2n) is 4.25. The largest absolute Gasteiger partial charge is 0.192 e. The molecule has 0 heterocycles. The van der Waals surface area contributed by atoms with Crippen LogP contribution in [0.4, 0.5) is 0 Å². The first-order valence-electron chi connectivity index (χ1n) is 5.61. The van der Waals surface area contributed by atoms with E-state index in [1.165, 1.54) is 36.3 Å². The van der Waals surface area contributed by atoms with E-state index in [1.54, 1.807) is 0 Å². The predicted molar refractivity (Wildman–Crippen MR) is 71.5 cm³/mol. The number of rotatable bonds is 3. The van der Waals surface area contributed by atoms with E-state index in [1.807, 2.05) is 23.9 Å². The van der Waals surface area contributed by atoms with Crippen molar-refractivity contribution < 1.29 is 0 Å². The minimum absolute atomic E-state index is 0.739. The number of benzene rings is 1. The van der Waals surface area contributed by atoms with Gasteiger partial charge >= 0.3 is 0 Å². The van der Waals surface area contributed by atoms with E-state index in [0.29, 0.717) is 0 Å². The summed E-state index contributed by atoms with van der Waals surface area (Å²) in [5, 5.41) is 8.89. The molecule has 2 rings (SSSR count). The molecular weight excluding hydrogens is 282 g/mol. The second-order valence-corrected chi connectivity index (χ2v) is 6.26. The van der Waals surface area contributed by atoms with Gasteiger partial charge in [0.25, 0.3) is 0 Å². The highest BCUT2D eigenvalue weighted by Crippen LogP contribution is 2.32. The lowest BCUT2D eigenvalue weighted by Crippen LogP contribution is -1.96. The molecule has 1 aliphatic rings. The SMILES string of the molecule is N#Cc1cc(Br)cc(SCC2CCCC2)c1. The Labute approximate surface area is 109 Å². The van der Waals surface area contributed by atoms with Gasteiger partial charge in [0.1, 0.15) is 0 Å². The van der Waals surface area contributed by atoms with E-state index >= 15 is 0 Å². The van der Waals surface area contributed by atoms with Crippen LogP contribution in [0.1, 0.15) is 31.2 Å². The fourth-order valence-electron chi connectivity index (χ4n) is 2.10. The van der Waals surface area contributed by atoms with Crippen molar-refractivity contribution >= 4 is 27.7 Å². The summed E-state index contributed by atoms with van der Waals surface area (Å²) in [5.41, 5.74) is 0.739. The predicted octanol–water partition coefficient (Wildman–Crippen LogP) is 4.60. The first kappa shape index (κ1) is 12.0. The molecule has 0 bridgehead atoms. The normalized spacial score (nSPS) is 16.2. The summed E-state index contributed by atoms with van der Waals surface area (Å²) < 4.78 is 1.00. The summed E-state index contributed by atoms with van der Waals surface area (Å²) in [5.74, 6) is 2.08. The van der Waals surface area contributed by atoms with Crippen LogP contribution in [0.5, 0.6) is 0 Å². The van der Waals surface area contributed by atoms with Crippen molar-refractivity contribution in [3.8, 4) is 6.07 Å². The molecule has 0 atom stereocenters. The Hall–Kier alpha value is -0.460. The summed E-state index contributed by atoms with van der Waals surface area (Å²) in [4.78, 5) is 1.21. The zero-order valence-corrected chi connectivity index (χ0v) is 11.5. The quantitative estimate of drug-likeness (QED) is 0.761. The molecule has 0 saturated heterocycles. The Morgan fingerprint density at radius 2 is 2.06 bits per heavy atom. The smallest absolute Gasteiger partial charge is 0.0992 e. The molecule has 3 heteroatoms. The number of nitriles is 1. The monoisotopic (exact) mass is 295 g/mol. The van der Waals surface area contributed by atoms with Crippen molar-refractivity contribution in [2.75, 3.05) is 5.75 Å². The van der Waals surface area contributed by atoms with Crippen molar-refractivity contribution in [1.29, 1.82) is 5.26 Å². The first-order chi connectivity index (χ1) is 7.78. The van der Waals surface area contributed by atoms with Crippen LogP contribution in [0.2, 0.25) is 0 Å². The number of hydrogen-bond donors (Lipinski definition) is 0. The Morgan fingerprint density at radius 1 is 1.31 bits per heavy atom. The molecule has 1 nitrogen and oxygen atoms in total. The molecule has 16 heavy (non-hydrogen) atoms. The molecule has 0 amide bonds. The molecule has 1 aliphatic carbocycles. The maximum atomic E-state index is 8.89. The van der Waals surface area contributed by atoms with Gasteiger partial charge in [0.2, 0.25) is 0 Å². The van der Waals surface area contributed by atoms with Crippen molar-refractivity contribution in [3.63, 3.8) is 0 Å². The van der Waals surface area contributed by atoms with E-state index in [4.69, 9.17) is 5.26 Å². The fourth-order valence-corrected chi connectivity index (χ4v) is 3.93. The van der Waals surface area contributed by atoms with Crippen molar-refractivity contribution in [2.24, 2.45) is 5.92 Å².